The van der Waals surface area contributed by atoms with Crippen LogP contribution in [-0.4, -0.2) is 43.6 Å². The number of aliphatic imine (C=N–C) groups is 1. The van der Waals surface area contributed by atoms with E-state index in [1.165, 1.54) is 0 Å². The van der Waals surface area contributed by atoms with E-state index < -0.39 is 0 Å². The molecule has 1 aromatic carbocycles. The molecule has 0 aliphatic carbocycles. The Balaban J connectivity index is 1.49. The lowest BCUT2D eigenvalue weighted by Crippen LogP contribution is -2.61. The first-order valence-corrected chi connectivity index (χ1v) is 7.66. The third-order valence-corrected chi connectivity index (χ3v) is 3.97. The summed E-state index contributed by atoms with van der Waals surface area (Å²) in [5.74, 6) is -0.0865. The highest BCUT2D eigenvalue weighted by Gasteiger charge is 2.37. The van der Waals surface area contributed by atoms with Gasteiger partial charge in [0.05, 0.1) is 23.0 Å². The van der Waals surface area contributed by atoms with Crippen molar-refractivity contribution in [2.75, 3.05) is 19.6 Å². The minimum absolute atomic E-state index is 0.0786. The molecule has 2 aliphatic rings. The normalized spacial score (nSPS) is 24.7. The molecule has 0 spiro atoms. The van der Waals surface area contributed by atoms with Crippen LogP contribution in [0.25, 0.3) is 0 Å². The van der Waals surface area contributed by atoms with E-state index in [2.05, 4.69) is 31.8 Å². The molecule has 3 rings (SSSR count). The molecule has 2 unspecified atom stereocenters. The Hall–Kier alpha value is -2.16. The fraction of sp³-hybridized carbons (Fsp3) is 0.357. The molecule has 2 atom stereocenters. The first-order chi connectivity index (χ1) is 11.1. The molecule has 0 saturated carbocycles. The highest BCUT2D eigenvalue weighted by Crippen LogP contribution is 2.14. The average Bonchev–Trinajstić information content (AvgIpc) is 3.01. The van der Waals surface area contributed by atoms with Crippen molar-refractivity contribution in [1.29, 1.82) is 0 Å². The fourth-order valence-electron chi connectivity index (χ4n) is 2.43. The lowest BCUT2D eigenvalue weighted by Gasteiger charge is -2.27. The number of hydrazine groups is 1. The number of fused-ring (bicyclic) bond motifs is 1. The van der Waals surface area contributed by atoms with Gasteiger partial charge >= 0.3 is 0 Å². The summed E-state index contributed by atoms with van der Waals surface area (Å²) in [5.41, 5.74) is 6.32. The number of hydrogen-bond donors (Lipinski definition) is 5. The molecule has 5 N–H and O–H groups in total. The van der Waals surface area contributed by atoms with Crippen molar-refractivity contribution in [2.24, 2.45) is 10.9 Å². The molecule has 2 saturated heterocycles. The largest absolute Gasteiger partial charge is 0.350 e. The number of carbonyl (C=O) groups excluding carboxylic acids is 2. The Morgan fingerprint density at radius 2 is 2.22 bits per heavy atom. The number of rotatable bonds is 4. The van der Waals surface area contributed by atoms with Gasteiger partial charge < -0.3 is 10.6 Å². The average molecular weight is 337 g/mol. The number of guanidine groups is 1. The summed E-state index contributed by atoms with van der Waals surface area (Å²) < 4.78 is 0. The van der Waals surface area contributed by atoms with Crippen LogP contribution in [0.3, 0.4) is 0 Å². The van der Waals surface area contributed by atoms with Gasteiger partial charge in [0, 0.05) is 13.1 Å². The SMILES string of the molecule is O=C(NCCN=C1NC(=O)C2CNNC2N1)c1ccccc1Cl. The van der Waals surface area contributed by atoms with Gasteiger partial charge in [0.1, 0.15) is 6.17 Å². The Morgan fingerprint density at radius 1 is 1.39 bits per heavy atom. The van der Waals surface area contributed by atoms with E-state index in [0.717, 1.165) is 0 Å². The molecule has 1 aromatic rings. The fourth-order valence-corrected chi connectivity index (χ4v) is 2.66. The zero-order chi connectivity index (χ0) is 16.2. The topological polar surface area (TPSA) is 107 Å². The van der Waals surface area contributed by atoms with E-state index in [0.29, 0.717) is 36.2 Å². The smallest absolute Gasteiger partial charge is 0.252 e. The van der Waals surface area contributed by atoms with E-state index >= 15 is 0 Å². The van der Waals surface area contributed by atoms with Crippen LogP contribution in [0.5, 0.6) is 0 Å². The van der Waals surface area contributed by atoms with Crippen molar-refractivity contribution in [2.45, 2.75) is 6.17 Å². The minimum atomic E-state index is -0.252. The quantitative estimate of drug-likeness (QED) is 0.463. The van der Waals surface area contributed by atoms with Crippen LogP contribution in [0, 0.1) is 5.92 Å². The number of nitrogens with one attached hydrogen (secondary N) is 5. The number of benzene rings is 1. The Kier molecular flexibility index (Phi) is 4.75. The maximum absolute atomic E-state index is 12.0. The summed E-state index contributed by atoms with van der Waals surface area (Å²) in [6.45, 7) is 1.25. The van der Waals surface area contributed by atoms with Gasteiger partial charge in [0.25, 0.3) is 5.91 Å². The number of hydrogen-bond acceptors (Lipinski definition) is 5. The van der Waals surface area contributed by atoms with Gasteiger partial charge in [-0.2, -0.15) is 0 Å². The van der Waals surface area contributed by atoms with Crippen LogP contribution in [0.1, 0.15) is 10.4 Å². The van der Waals surface area contributed by atoms with Gasteiger partial charge in [-0.05, 0) is 12.1 Å². The van der Waals surface area contributed by atoms with Crippen LogP contribution in [0.2, 0.25) is 5.02 Å². The summed E-state index contributed by atoms with van der Waals surface area (Å²) in [6, 6.07) is 6.84. The molecule has 0 bridgehead atoms. The molecule has 23 heavy (non-hydrogen) atoms. The third-order valence-electron chi connectivity index (χ3n) is 3.64. The predicted molar refractivity (Wildman–Crippen MR) is 85.8 cm³/mol. The maximum atomic E-state index is 12.0. The van der Waals surface area contributed by atoms with Gasteiger partial charge in [-0.15, -0.1) is 0 Å². The second kappa shape index (κ2) is 6.95. The molecule has 9 heteroatoms. The molecule has 122 valence electrons. The van der Waals surface area contributed by atoms with Gasteiger partial charge in [-0.1, -0.05) is 23.7 Å². The van der Waals surface area contributed by atoms with Crippen LogP contribution in [0.4, 0.5) is 0 Å². The lowest BCUT2D eigenvalue weighted by molar-refractivity contribution is -0.124. The Bertz CT molecular complexity index is 650. The zero-order valence-corrected chi connectivity index (χ0v) is 13.0. The third kappa shape index (κ3) is 3.61. The van der Waals surface area contributed by atoms with E-state index in [9.17, 15) is 9.59 Å². The van der Waals surface area contributed by atoms with Crippen LogP contribution in [-0.2, 0) is 4.79 Å². The summed E-state index contributed by atoms with van der Waals surface area (Å²) in [7, 11) is 0. The summed E-state index contributed by atoms with van der Waals surface area (Å²) in [5, 5.41) is 8.93. The van der Waals surface area contributed by atoms with E-state index in [1.54, 1.807) is 24.3 Å². The second-order valence-corrected chi connectivity index (χ2v) is 5.62. The Labute approximate surface area is 138 Å². The van der Waals surface area contributed by atoms with Gasteiger partial charge in [-0.25, -0.2) is 5.43 Å². The highest BCUT2D eigenvalue weighted by molar-refractivity contribution is 6.33. The zero-order valence-electron chi connectivity index (χ0n) is 12.2. The molecule has 0 aromatic heterocycles. The number of carbonyl (C=O) groups is 2. The molecule has 2 amide bonds. The van der Waals surface area contributed by atoms with E-state index in [1.807, 2.05) is 0 Å². The first kappa shape index (κ1) is 15.7. The summed E-state index contributed by atoms with van der Waals surface area (Å²) in [6.07, 6.45) is -0.166. The Morgan fingerprint density at radius 3 is 3.04 bits per heavy atom. The first-order valence-electron chi connectivity index (χ1n) is 7.28. The lowest BCUT2D eigenvalue weighted by atomic mass is 10.1. The van der Waals surface area contributed by atoms with Crippen LogP contribution < -0.4 is 26.8 Å². The highest BCUT2D eigenvalue weighted by atomic mass is 35.5. The summed E-state index contributed by atoms with van der Waals surface area (Å²) in [4.78, 5) is 28.1. The predicted octanol–water partition coefficient (Wildman–Crippen LogP) is -0.805. The van der Waals surface area contributed by atoms with Gasteiger partial charge in [0.2, 0.25) is 5.91 Å². The molecule has 2 fully saturated rings. The van der Waals surface area contributed by atoms with Crippen molar-refractivity contribution in [1.82, 2.24) is 26.8 Å². The molecular weight excluding hydrogens is 320 g/mol. The molecule has 2 aliphatic heterocycles. The molecule has 0 radical (unpaired) electrons. The second-order valence-electron chi connectivity index (χ2n) is 5.21. The standard InChI is InChI=1S/C14H17ClN6O2/c15-10-4-2-1-3-8(10)12(22)16-5-6-17-14-19-11-9(7-18-21-11)13(23)20-14/h1-4,9,11,18,21H,5-7H2,(H,16,22)(H2,17,19,20,23). The monoisotopic (exact) mass is 336 g/mol. The van der Waals surface area contributed by atoms with E-state index in [-0.39, 0.29) is 23.9 Å². The van der Waals surface area contributed by atoms with Crippen molar-refractivity contribution in [3.05, 3.63) is 34.9 Å². The maximum Gasteiger partial charge on any atom is 0.252 e. The molecule has 8 nitrogen and oxygen atoms in total. The van der Waals surface area contributed by atoms with E-state index in [4.69, 9.17) is 11.6 Å². The van der Waals surface area contributed by atoms with Crippen molar-refractivity contribution in [3.8, 4) is 0 Å². The number of amides is 2. The number of nitrogens with zero attached hydrogens (tertiary/aromatic N) is 1. The molecular formula is C14H17ClN6O2. The van der Waals surface area contributed by atoms with Crippen molar-refractivity contribution < 1.29 is 9.59 Å². The number of halogens is 1. The van der Waals surface area contributed by atoms with Gasteiger partial charge in [0.15, 0.2) is 5.96 Å². The van der Waals surface area contributed by atoms with Crippen LogP contribution in [0.15, 0.2) is 29.3 Å². The van der Waals surface area contributed by atoms with Crippen LogP contribution >= 0.6 is 11.6 Å². The molecule has 2 heterocycles. The van der Waals surface area contributed by atoms with Gasteiger partial charge in [-0.3, -0.25) is 25.3 Å². The van der Waals surface area contributed by atoms with Crippen molar-refractivity contribution >= 4 is 29.4 Å². The summed E-state index contributed by atoms with van der Waals surface area (Å²) >= 11 is 5.96. The minimum Gasteiger partial charge on any atom is -0.350 e. The van der Waals surface area contributed by atoms with Crippen molar-refractivity contribution in [3.63, 3.8) is 0 Å².